The second-order valence-corrected chi connectivity index (χ2v) is 5.87. The molecule has 8 heteroatoms. The Morgan fingerprint density at radius 1 is 1.40 bits per heavy atom. The van der Waals surface area contributed by atoms with Crippen LogP contribution in [0.2, 0.25) is 0 Å². The van der Waals surface area contributed by atoms with Gasteiger partial charge in [-0.1, -0.05) is 17.4 Å². The average molecular weight is 358 g/mol. The zero-order valence-electron chi connectivity index (χ0n) is 10.4. The molecular weight excluding hydrogens is 346 g/mol. The van der Waals surface area contributed by atoms with Gasteiger partial charge in [0.15, 0.2) is 5.13 Å². The number of fused-ring (bicyclic) bond motifs is 1. The molecule has 0 unspecified atom stereocenters. The molecule has 0 aliphatic heterocycles. The molecule has 0 saturated heterocycles. The monoisotopic (exact) mass is 357 g/mol. The first-order chi connectivity index (χ1) is 9.56. The number of carbonyl (C=O) groups excluding carboxylic acids is 1. The first-order valence-corrected chi connectivity index (χ1v) is 7.49. The van der Waals surface area contributed by atoms with Crippen molar-refractivity contribution in [3.63, 3.8) is 0 Å². The van der Waals surface area contributed by atoms with E-state index in [4.69, 9.17) is 5.11 Å². The molecule has 2 rings (SSSR count). The van der Waals surface area contributed by atoms with Crippen molar-refractivity contribution in [2.45, 2.75) is 12.8 Å². The van der Waals surface area contributed by atoms with Gasteiger partial charge in [-0.15, -0.1) is 0 Å². The minimum atomic E-state index is -0.872. The lowest BCUT2D eigenvalue weighted by atomic mass is 10.3. The maximum atomic E-state index is 11.6. The molecule has 1 aromatic heterocycles. The maximum Gasteiger partial charge on any atom is 0.321 e. The van der Waals surface area contributed by atoms with Gasteiger partial charge in [-0.2, -0.15) is 0 Å². The number of carbonyl (C=O) groups is 2. The third kappa shape index (κ3) is 3.91. The fraction of sp³-hybridized carbons (Fsp3) is 0.250. The van der Waals surface area contributed by atoms with E-state index in [2.05, 4.69) is 31.5 Å². The van der Waals surface area contributed by atoms with Crippen LogP contribution < -0.4 is 10.6 Å². The second kappa shape index (κ2) is 6.67. The minimum Gasteiger partial charge on any atom is -0.481 e. The molecule has 0 saturated carbocycles. The Morgan fingerprint density at radius 3 is 2.90 bits per heavy atom. The molecule has 0 fully saturated rings. The molecule has 1 heterocycles. The van der Waals surface area contributed by atoms with Crippen LogP contribution in [0.3, 0.4) is 0 Å². The summed E-state index contributed by atoms with van der Waals surface area (Å²) in [4.78, 5) is 26.2. The normalized spacial score (nSPS) is 10.4. The standard InChI is InChI=1S/C12H12BrN3O3S/c13-7-3-1-4-8-10(7)15-12(20-8)16-11(19)14-6-2-5-9(17)18/h1,3-4H,2,5-6H2,(H,17,18)(H2,14,15,16,19). The number of carboxylic acid groups (broad SMARTS) is 1. The Balaban J connectivity index is 1.90. The molecule has 0 bridgehead atoms. The number of halogens is 1. The van der Waals surface area contributed by atoms with Crippen LogP contribution in [0.5, 0.6) is 0 Å². The molecule has 1 aromatic carbocycles. The number of amides is 2. The van der Waals surface area contributed by atoms with Crippen molar-refractivity contribution in [2.75, 3.05) is 11.9 Å². The van der Waals surface area contributed by atoms with Crippen molar-refractivity contribution in [3.8, 4) is 0 Å². The van der Waals surface area contributed by atoms with Crippen LogP contribution in [0.25, 0.3) is 10.2 Å². The van der Waals surface area contributed by atoms with E-state index in [0.29, 0.717) is 18.1 Å². The minimum absolute atomic E-state index is 0.0361. The van der Waals surface area contributed by atoms with Crippen LogP contribution in [-0.4, -0.2) is 28.6 Å². The van der Waals surface area contributed by atoms with Crippen LogP contribution in [0.4, 0.5) is 9.93 Å². The number of nitrogens with zero attached hydrogens (tertiary/aromatic N) is 1. The summed E-state index contributed by atoms with van der Waals surface area (Å²) in [6.45, 7) is 0.312. The summed E-state index contributed by atoms with van der Waals surface area (Å²) < 4.78 is 1.85. The first-order valence-electron chi connectivity index (χ1n) is 5.88. The number of hydrogen-bond acceptors (Lipinski definition) is 4. The molecule has 2 aromatic rings. The highest BCUT2D eigenvalue weighted by Crippen LogP contribution is 2.30. The van der Waals surface area contributed by atoms with Crippen molar-refractivity contribution in [3.05, 3.63) is 22.7 Å². The third-order valence-corrected chi connectivity index (χ3v) is 4.02. The van der Waals surface area contributed by atoms with Gasteiger partial charge < -0.3 is 10.4 Å². The zero-order chi connectivity index (χ0) is 14.5. The molecule has 106 valence electrons. The first kappa shape index (κ1) is 14.7. The molecule has 20 heavy (non-hydrogen) atoms. The van der Waals surface area contributed by atoms with Gasteiger partial charge in [0.25, 0.3) is 0 Å². The van der Waals surface area contributed by atoms with Crippen LogP contribution in [0.1, 0.15) is 12.8 Å². The van der Waals surface area contributed by atoms with Gasteiger partial charge in [0, 0.05) is 17.4 Å². The number of aliphatic carboxylic acids is 1. The number of nitrogens with one attached hydrogen (secondary N) is 2. The van der Waals surface area contributed by atoms with Gasteiger partial charge in [0.1, 0.15) is 0 Å². The summed E-state index contributed by atoms with van der Waals surface area (Å²) in [7, 11) is 0. The van der Waals surface area contributed by atoms with Gasteiger partial charge in [0.2, 0.25) is 0 Å². The number of aromatic nitrogens is 1. The Hall–Kier alpha value is -1.67. The molecular formula is C12H12BrN3O3S. The van der Waals surface area contributed by atoms with Crippen LogP contribution in [0.15, 0.2) is 22.7 Å². The summed E-state index contributed by atoms with van der Waals surface area (Å²) >= 11 is 4.78. The van der Waals surface area contributed by atoms with E-state index >= 15 is 0 Å². The van der Waals surface area contributed by atoms with Crippen molar-refractivity contribution in [1.29, 1.82) is 0 Å². The van der Waals surface area contributed by atoms with E-state index in [1.54, 1.807) is 0 Å². The quantitative estimate of drug-likeness (QED) is 0.717. The molecule has 0 aliphatic rings. The lowest BCUT2D eigenvalue weighted by Gasteiger charge is -2.03. The summed E-state index contributed by atoms with van der Waals surface area (Å²) in [5.74, 6) is -0.872. The maximum absolute atomic E-state index is 11.6. The van der Waals surface area contributed by atoms with Crippen LogP contribution >= 0.6 is 27.3 Å². The molecule has 6 nitrogen and oxygen atoms in total. The number of rotatable bonds is 5. The highest BCUT2D eigenvalue weighted by molar-refractivity contribution is 9.10. The molecule has 0 spiro atoms. The lowest BCUT2D eigenvalue weighted by Crippen LogP contribution is -2.29. The number of urea groups is 1. The molecule has 0 atom stereocenters. The zero-order valence-corrected chi connectivity index (χ0v) is 12.8. The van der Waals surface area contributed by atoms with Crippen molar-refractivity contribution in [2.24, 2.45) is 0 Å². The second-order valence-electron chi connectivity index (χ2n) is 3.98. The Bertz CT molecular complexity index is 644. The van der Waals surface area contributed by atoms with Crippen LogP contribution in [0, 0.1) is 0 Å². The fourth-order valence-electron chi connectivity index (χ4n) is 1.55. The Kier molecular flexibility index (Phi) is 4.91. The summed E-state index contributed by atoms with van der Waals surface area (Å²) in [6, 6.07) is 5.33. The summed E-state index contributed by atoms with van der Waals surface area (Å²) in [6.07, 6.45) is 0.433. The predicted molar refractivity (Wildman–Crippen MR) is 81.2 cm³/mol. The van der Waals surface area contributed by atoms with E-state index in [1.165, 1.54) is 11.3 Å². The summed E-state index contributed by atoms with van der Waals surface area (Å²) in [5.41, 5.74) is 0.804. The molecule has 0 aliphatic carbocycles. The van der Waals surface area contributed by atoms with E-state index < -0.39 is 5.97 Å². The number of benzene rings is 1. The Morgan fingerprint density at radius 2 is 2.20 bits per heavy atom. The molecule has 2 amide bonds. The van der Waals surface area contributed by atoms with Gasteiger partial charge in [-0.25, -0.2) is 9.78 Å². The lowest BCUT2D eigenvalue weighted by molar-refractivity contribution is -0.137. The average Bonchev–Trinajstić information content (AvgIpc) is 2.78. The van der Waals surface area contributed by atoms with E-state index in [-0.39, 0.29) is 12.5 Å². The molecule has 3 N–H and O–H groups in total. The number of thiazole rings is 1. The Labute approximate surface area is 127 Å². The topological polar surface area (TPSA) is 91.3 Å². The van der Waals surface area contributed by atoms with Gasteiger partial charge >= 0.3 is 12.0 Å². The number of para-hydroxylation sites is 1. The number of anilines is 1. The molecule has 0 radical (unpaired) electrons. The highest BCUT2D eigenvalue weighted by Gasteiger charge is 2.09. The number of hydrogen-bond donors (Lipinski definition) is 3. The SMILES string of the molecule is O=C(O)CCCNC(=O)Nc1nc2c(Br)cccc2s1. The largest absolute Gasteiger partial charge is 0.481 e. The third-order valence-electron chi connectivity index (χ3n) is 2.44. The van der Waals surface area contributed by atoms with E-state index in [0.717, 1.165) is 14.7 Å². The highest BCUT2D eigenvalue weighted by atomic mass is 79.9. The van der Waals surface area contributed by atoms with Gasteiger partial charge in [-0.3, -0.25) is 10.1 Å². The summed E-state index contributed by atoms with van der Waals surface area (Å²) in [5, 5.41) is 14.2. The van der Waals surface area contributed by atoms with Gasteiger partial charge in [0.05, 0.1) is 10.2 Å². The number of carboxylic acids is 1. The van der Waals surface area contributed by atoms with Crippen LogP contribution in [-0.2, 0) is 4.79 Å². The van der Waals surface area contributed by atoms with E-state index in [1.807, 2.05) is 18.2 Å². The van der Waals surface area contributed by atoms with Crippen molar-refractivity contribution < 1.29 is 14.7 Å². The smallest absolute Gasteiger partial charge is 0.321 e. The predicted octanol–water partition coefficient (Wildman–Crippen LogP) is 3.05. The van der Waals surface area contributed by atoms with Gasteiger partial charge in [-0.05, 0) is 34.5 Å². The van der Waals surface area contributed by atoms with Crippen molar-refractivity contribution in [1.82, 2.24) is 10.3 Å². The fourth-order valence-corrected chi connectivity index (χ4v) is 3.03. The van der Waals surface area contributed by atoms with E-state index in [9.17, 15) is 9.59 Å². The van der Waals surface area contributed by atoms with Crippen molar-refractivity contribution >= 4 is 54.6 Å².